The number of aliphatic hydroxyl groups excluding tert-OH is 1. The van der Waals surface area contributed by atoms with Gasteiger partial charge in [-0.3, -0.25) is 0 Å². The van der Waals surface area contributed by atoms with E-state index in [0.29, 0.717) is 6.42 Å². The monoisotopic (exact) mass is 293 g/mol. The minimum Gasteiger partial charge on any atom is -0.391 e. The van der Waals surface area contributed by atoms with Gasteiger partial charge in [0.15, 0.2) is 0 Å². The summed E-state index contributed by atoms with van der Waals surface area (Å²) in [7, 11) is 0. The van der Waals surface area contributed by atoms with Gasteiger partial charge in [0.25, 0.3) is 0 Å². The largest absolute Gasteiger partial charge is 0.391 e. The molecule has 0 aliphatic heterocycles. The van der Waals surface area contributed by atoms with E-state index in [4.69, 9.17) is 17.3 Å². The van der Waals surface area contributed by atoms with Gasteiger partial charge in [-0.05, 0) is 24.1 Å². The highest BCUT2D eigenvalue weighted by molar-refractivity contribution is 6.32. The minimum absolute atomic E-state index is 0.176. The lowest BCUT2D eigenvalue weighted by atomic mass is 9.95. The summed E-state index contributed by atoms with van der Waals surface area (Å²) in [6, 6.07) is 11.5. The van der Waals surface area contributed by atoms with Gasteiger partial charge in [0.05, 0.1) is 17.2 Å². The topological polar surface area (TPSA) is 46.2 Å². The molecule has 0 radical (unpaired) electrons. The predicted octanol–water partition coefficient (Wildman–Crippen LogP) is 3.39. The first-order valence-corrected chi connectivity index (χ1v) is 6.80. The number of rotatable bonds is 4. The van der Waals surface area contributed by atoms with Gasteiger partial charge >= 0.3 is 0 Å². The molecular weight excluding hydrogens is 277 g/mol. The van der Waals surface area contributed by atoms with Crippen LogP contribution in [0.25, 0.3) is 0 Å². The molecule has 0 amide bonds. The average Bonchev–Trinajstić information content (AvgIpc) is 2.44. The highest BCUT2D eigenvalue weighted by Gasteiger charge is 2.23. The molecule has 106 valence electrons. The van der Waals surface area contributed by atoms with Gasteiger partial charge in [0, 0.05) is 12.0 Å². The SMILES string of the molecule is Cc1ccc(F)c([C@@H](N)[C@@H](O)Cc2ccccc2)c1Cl. The van der Waals surface area contributed by atoms with Crippen LogP contribution in [0.5, 0.6) is 0 Å². The molecule has 0 aliphatic rings. The van der Waals surface area contributed by atoms with Crippen LogP contribution in [0, 0.1) is 12.7 Å². The molecule has 0 spiro atoms. The second-order valence-electron chi connectivity index (χ2n) is 4.87. The molecule has 20 heavy (non-hydrogen) atoms. The molecule has 0 fully saturated rings. The van der Waals surface area contributed by atoms with Crippen LogP contribution in [0.15, 0.2) is 42.5 Å². The van der Waals surface area contributed by atoms with E-state index in [1.54, 1.807) is 13.0 Å². The summed E-state index contributed by atoms with van der Waals surface area (Å²) in [5.41, 5.74) is 7.84. The Labute approximate surface area is 123 Å². The highest BCUT2D eigenvalue weighted by Crippen LogP contribution is 2.30. The van der Waals surface area contributed by atoms with Gasteiger partial charge < -0.3 is 10.8 Å². The zero-order valence-electron chi connectivity index (χ0n) is 11.2. The van der Waals surface area contributed by atoms with E-state index in [1.807, 2.05) is 30.3 Å². The first-order valence-electron chi connectivity index (χ1n) is 6.42. The molecular formula is C16H17ClFNO. The van der Waals surface area contributed by atoms with Crippen molar-refractivity contribution in [1.29, 1.82) is 0 Å². The van der Waals surface area contributed by atoms with Crippen molar-refractivity contribution in [2.75, 3.05) is 0 Å². The van der Waals surface area contributed by atoms with E-state index in [1.165, 1.54) is 6.07 Å². The number of halogens is 2. The second-order valence-corrected chi connectivity index (χ2v) is 5.25. The number of aryl methyl sites for hydroxylation is 1. The van der Waals surface area contributed by atoms with Crippen molar-refractivity contribution in [2.45, 2.75) is 25.5 Å². The van der Waals surface area contributed by atoms with Gasteiger partial charge in [0.1, 0.15) is 5.82 Å². The first kappa shape index (κ1) is 15.0. The van der Waals surface area contributed by atoms with E-state index in [9.17, 15) is 9.50 Å². The summed E-state index contributed by atoms with van der Waals surface area (Å²) in [6.07, 6.45) is -0.544. The number of nitrogens with two attached hydrogens (primary N) is 1. The van der Waals surface area contributed by atoms with Crippen molar-refractivity contribution in [3.05, 3.63) is 70.0 Å². The smallest absolute Gasteiger partial charge is 0.129 e. The van der Waals surface area contributed by atoms with Crippen molar-refractivity contribution >= 4 is 11.6 Å². The van der Waals surface area contributed by atoms with Crippen molar-refractivity contribution in [3.8, 4) is 0 Å². The van der Waals surface area contributed by atoms with Crippen LogP contribution >= 0.6 is 11.6 Å². The zero-order valence-corrected chi connectivity index (χ0v) is 11.9. The minimum atomic E-state index is -0.897. The average molecular weight is 294 g/mol. The Kier molecular flexibility index (Phi) is 4.76. The Morgan fingerprint density at radius 2 is 1.85 bits per heavy atom. The predicted molar refractivity (Wildman–Crippen MR) is 79.2 cm³/mol. The Balaban J connectivity index is 2.23. The number of aliphatic hydroxyl groups is 1. The maximum atomic E-state index is 13.9. The third kappa shape index (κ3) is 3.18. The van der Waals surface area contributed by atoms with Crippen LogP contribution in [0.2, 0.25) is 5.02 Å². The maximum absolute atomic E-state index is 13.9. The molecule has 0 saturated carbocycles. The fourth-order valence-electron chi connectivity index (χ4n) is 2.16. The molecule has 2 atom stereocenters. The van der Waals surface area contributed by atoms with Crippen LogP contribution in [0.3, 0.4) is 0 Å². The summed E-state index contributed by atoms with van der Waals surface area (Å²) in [5, 5.41) is 10.5. The lowest BCUT2D eigenvalue weighted by molar-refractivity contribution is 0.143. The molecule has 0 heterocycles. The molecule has 2 aromatic rings. The van der Waals surface area contributed by atoms with Crippen molar-refractivity contribution in [3.63, 3.8) is 0 Å². The molecule has 0 saturated heterocycles. The van der Waals surface area contributed by atoms with Crippen LogP contribution < -0.4 is 5.73 Å². The quantitative estimate of drug-likeness (QED) is 0.907. The summed E-state index contributed by atoms with van der Waals surface area (Å²) in [4.78, 5) is 0. The number of hydrogen-bond acceptors (Lipinski definition) is 2. The Hall–Kier alpha value is -1.42. The molecule has 3 N–H and O–H groups in total. The van der Waals surface area contributed by atoms with Crippen LogP contribution in [-0.2, 0) is 6.42 Å². The molecule has 0 bridgehead atoms. The van der Waals surface area contributed by atoms with Gasteiger partial charge in [0.2, 0.25) is 0 Å². The maximum Gasteiger partial charge on any atom is 0.129 e. The van der Waals surface area contributed by atoms with Gasteiger partial charge in [-0.25, -0.2) is 4.39 Å². The lowest BCUT2D eigenvalue weighted by Crippen LogP contribution is -2.29. The molecule has 2 aromatic carbocycles. The van der Waals surface area contributed by atoms with E-state index < -0.39 is 18.0 Å². The molecule has 0 unspecified atom stereocenters. The molecule has 2 nitrogen and oxygen atoms in total. The summed E-state index contributed by atoms with van der Waals surface area (Å²) in [5.74, 6) is -0.486. The van der Waals surface area contributed by atoms with E-state index in [-0.39, 0.29) is 10.6 Å². The molecule has 0 aromatic heterocycles. The summed E-state index contributed by atoms with van der Waals surface area (Å²) >= 11 is 6.11. The van der Waals surface area contributed by atoms with Crippen LogP contribution in [-0.4, -0.2) is 11.2 Å². The zero-order chi connectivity index (χ0) is 14.7. The second kappa shape index (κ2) is 6.35. The van der Waals surface area contributed by atoms with Crippen LogP contribution in [0.1, 0.15) is 22.7 Å². The van der Waals surface area contributed by atoms with Gasteiger partial charge in [-0.15, -0.1) is 0 Å². The summed E-state index contributed by atoms with van der Waals surface area (Å²) < 4.78 is 13.9. The normalized spacial score (nSPS) is 14.1. The van der Waals surface area contributed by atoms with Crippen molar-refractivity contribution < 1.29 is 9.50 Å². The molecule has 4 heteroatoms. The number of benzene rings is 2. The number of hydrogen-bond donors (Lipinski definition) is 2. The van der Waals surface area contributed by atoms with Crippen LogP contribution in [0.4, 0.5) is 4.39 Å². The third-order valence-corrected chi connectivity index (χ3v) is 3.86. The fraction of sp³-hybridized carbons (Fsp3) is 0.250. The Bertz CT molecular complexity index is 589. The van der Waals surface area contributed by atoms with E-state index >= 15 is 0 Å². The van der Waals surface area contributed by atoms with Gasteiger partial charge in [-0.1, -0.05) is 48.0 Å². The molecule has 2 rings (SSSR count). The highest BCUT2D eigenvalue weighted by atomic mass is 35.5. The molecule has 0 aliphatic carbocycles. The first-order chi connectivity index (χ1) is 9.50. The van der Waals surface area contributed by atoms with Crippen molar-refractivity contribution in [2.24, 2.45) is 5.73 Å². The summed E-state index contributed by atoms with van der Waals surface area (Å²) in [6.45, 7) is 1.78. The standard InChI is InChI=1S/C16H17ClFNO/c1-10-7-8-12(18)14(15(10)17)16(19)13(20)9-11-5-3-2-4-6-11/h2-8,13,16,20H,9,19H2,1H3/t13-,16-/m0/s1. The van der Waals surface area contributed by atoms with E-state index in [0.717, 1.165) is 11.1 Å². The Morgan fingerprint density at radius 3 is 2.50 bits per heavy atom. The van der Waals surface area contributed by atoms with E-state index in [2.05, 4.69) is 0 Å². The van der Waals surface area contributed by atoms with Crippen molar-refractivity contribution in [1.82, 2.24) is 0 Å². The third-order valence-electron chi connectivity index (χ3n) is 3.36. The Morgan fingerprint density at radius 1 is 1.20 bits per heavy atom. The fourth-order valence-corrected chi connectivity index (χ4v) is 2.44. The lowest BCUT2D eigenvalue weighted by Gasteiger charge is -2.21. The van der Waals surface area contributed by atoms with Gasteiger partial charge in [-0.2, -0.15) is 0 Å².